The van der Waals surface area contributed by atoms with E-state index in [-0.39, 0.29) is 5.56 Å². The average Bonchev–Trinajstić information content (AvgIpc) is 3.08. The number of nitrogens with one attached hydrogen (secondary N) is 1. The van der Waals surface area contributed by atoms with Crippen LogP contribution in [-0.2, 0) is 11.5 Å². The van der Waals surface area contributed by atoms with Gasteiger partial charge in [0.25, 0.3) is 5.56 Å². The summed E-state index contributed by atoms with van der Waals surface area (Å²) in [6.45, 7) is 0. The van der Waals surface area contributed by atoms with Gasteiger partial charge in [0.15, 0.2) is 0 Å². The maximum Gasteiger partial charge on any atom is 0.259 e. The molecule has 25 heavy (non-hydrogen) atoms. The van der Waals surface area contributed by atoms with Crippen molar-refractivity contribution in [2.24, 2.45) is 0 Å². The van der Waals surface area contributed by atoms with E-state index in [0.717, 1.165) is 26.8 Å². The Hall–Kier alpha value is -2.37. The van der Waals surface area contributed by atoms with Crippen molar-refractivity contribution in [3.63, 3.8) is 0 Å². The predicted molar refractivity (Wildman–Crippen MR) is 107 cm³/mol. The van der Waals surface area contributed by atoms with Crippen LogP contribution >= 0.6 is 23.1 Å². The molecule has 0 fully saturated rings. The van der Waals surface area contributed by atoms with Crippen molar-refractivity contribution in [1.82, 2.24) is 9.97 Å². The number of hydrogen-bond acceptors (Lipinski definition) is 4. The van der Waals surface area contributed by atoms with Crippen LogP contribution in [0.1, 0.15) is 11.4 Å². The van der Waals surface area contributed by atoms with Gasteiger partial charge in [-0.25, -0.2) is 4.98 Å². The first-order chi connectivity index (χ1) is 12.3. The summed E-state index contributed by atoms with van der Waals surface area (Å²) in [6, 6.07) is 22.3. The topological polar surface area (TPSA) is 45.8 Å². The van der Waals surface area contributed by atoms with Gasteiger partial charge in [-0.1, -0.05) is 60.7 Å². The number of aromatic amines is 1. The van der Waals surface area contributed by atoms with Crippen molar-refractivity contribution < 1.29 is 0 Å². The normalized spacial score (nSPS) is 11.0. The molecule has 5 heteroatoms. The van der Waals surface area contributed by atoms with Crippen molar-refractivity contribution in [3.8, 4) is 10.4 Å². The number of thioether (sulfide) groups is 1. The van der Waals surface area contributed by atoms with Crippen LogP contribution < -0.4 is 5.56 Å². The van der Waals surface area contributed by atoms with E-state index < -0.39 is 0 Å². The van der Waals surface area contributed by atoms with Crippen LogP contribution in [0.2, 0.25) is 0 Å². The standard InChI is InChI=1S/C20H16N2OS2/c23-19-16-11-17(15-9-5-2-6-10-15)25-20(16)22-18(21-19)13-24-12-14-7-3-1-4-8-14/h1-11H,12-13H2,(H,21,22,23). The maximum atomic E-state index is 12.4. The van der Waals surface area contributed by atoms with Gasteiger partial charge in [0.2, 0.25) is 0 Å². The molecule has 0 atom stereocenters. The second-order valence-corrected chi connectivity index (χ2v) is 7.70. The molecule has 4 aromatic rings. The highest BCUT2D eigenvalue weighted by molar-refractivity contribution is 7.97. The van der Waals surface area contributed by atoms with E-state index in [1.54, 1.807) is 23.1 Å². The minimum absolute atomic E-state index is 0.0567. The van der Waals surface area contributed by atoms with Crippen LogP contribution in [0, 0.1) is 0 Å². The molecule has 124 valence electrons. The van der Waals surface area contributed by atoms with Crippen molar-refractivity contribution in [1.29, 1.82) is 0 Å². The van der Waals surface area contributed by atoms with Gasteiger partial charge in [0.05, 0.1) is 11.1 Å². The number of benzene rings is 2. The number of fused-ring (bicyclic) bond motifs is 1. The second-order valence-electron chi connectivity index (χ2n) is 5.69. The Labute approximate surface area is 153 Å². The number of hydrogen-bond donors (Lipinski definition) is 1. The van der Waals surface area contributed by atoms with E-state index in [9.17, 15) is 4.79 Å². The molecule has 0 aliphatic rings. The number of H-pyrrole nitrogens is 1. The SMILES string of the molecule is O=c1[nH]c(CSCc2ccccc2)nc2sc(-c3ccccc3)cc12. The molecule has 0 aliphatic carbocycles. The molecule has 3 nitrogen and oxygen atoms in total. The fourth-order valence-electron chi connectivity index (χ4n) is 2.63. The zero-order chi connectivity index (χ0) is 17.1. The molecule has 0 amide bonds. The molecule has 0 aliphatic heterocycles. The maximum absolute atomic E-state index is 12.4. The summed E-state index contributed by atoms with van der Waals surface area (Å²) in [7, 11) is 0. The van der Waals surface area contributed by atoms with Crippen LogP contribution in [0.3, 0.4) is 0 Å². The van der Waals surface area contributed by atoms with Gasteiger partial charge in [-0.2, -0.15) is 0 Å². The van der Waals surface area contributed by atoms with Gasteiger partial charge >= 0.3 is 0 Å². The molecule has 1 N–H and O–H groups in total. The number of thiophene rings is 1. The summed E-state index contributed by atoms with van der Waals surface area (Å²) < 4.78 is 0. The van der Waals surface area contributed by atoms with Gasteiger partial charge in [-0.05, 0) is 17.2 Å². The Morgan fingerprint density at radius 1 is 0.960 bits per heavy atom. The summed E-state index contributed by atoms with van der Waals surface area (Å²) in [5.41, 5.74) is 2.34. The minimum Gasteiger partial charge on any atom is -0.309 e. The van der Waals surface area contributed by atoms with E-state index in [0.29, 0.717) is 11.1 Å². The van der Waals surface area contributed by atoms with Crippen molar-refractivity contribution in [3.05, 3.63) is 88.5 Å². The molecule has 0 saturated heterocycles. The van der Waals surface area contributed by atoms with Crippen LogP contribution in [0.25, 0.3) is 20.7 Å². The highest BCUT2D eigenvalue weighted by Gasteiger charge is 2.10. The van der Waals surface area contributed by atoms with Gasteiger partial charge in [-0.3, -0.25) is 4.79 Å². The molecule has 0 radical (unpaired) electrons. The first-order valence-electron chi connectivity index (χ1n) is 7.99. The van der Waals surface area contributed by atoms with E-state index >= 15 is 0 Å². The quantitative estimate of drug-likeness (QED) is 0.537. The van der Waals surface area contributed by atoms with E-state index in [1.807, 2.05) is 42.5 Å². The first-order valence-corrected chi connectivity index (χ1v) is 9.96. The Kier molecular flexibility index (Phi) is 4.68. The summed E-state index contributed by atoms with van der Waals surface area (Å²) in [5, 5.41) is 0.667. The fraction of sp³-hybridized carbons (Fsp3) is 0.100. The van der Waals surface area contributed by atoms with E-state index in [4.69, 9.17) is 0 Å². The lowest BCUT2D eigenvalue weighted by molar-refractivity contribution is 1.04. The number of rotatable bonds is 5. The lowest BCUT2D eigenvalue weighted by Crippen LogP contribution is -2.09. The molecule has 2 aromatic carbocycles. The van der Waals surface area contributed by atoms with Crippen LogP contribution in [0.5, 0.6) is 0 Å². The van der Waals surface area contributed by atoms with Gasteiger partial charge in [0.1, 0.15) is 10.7 Å². The summed E-state index contributed by atoms with van der Waals surface area (Å²) >= 11 is 3.32. The third-order valence-corrected chi connectivity index (χ3v) is 5.95. The molecule has 2 aromatic heterocycles. The lowest BCUT2D eigenvalue weighted by Gasteiger charge is -2.02. The molecular weight excluding hydrogens is 348 g/mol. The zero-order valence-corrected chi connectivity index (χ0v) is 15.1. The predicted octanol–water partition coefficient (Wildman–Crippen LogP) is 5.09. The van der Waals surface area contributed by atoms with E-state index in [1.165, 1.54) is 5.56 Å². The molecule has 0 saturated carbocycles. The number of nitrogens with zero attached hydrogens (tertiary/aromatic N) is 1. The molecule has 0 spiro atoms. The Balaban J connectivity index is 1.56. The molecular formula is C20H16N2OS2. The Morgan fingerprint density at radius 2 is 1.68 bits per heavy atom. The Bertz CT molecular complexity index is 1040. The molecule has 4 rings (SSSR count). The third kappa shape index (κ3) is 3.67. The van der Waals surface area contributed by atoms with Crippen LogP contribution in [0.15, 0.2) is 71.5 Å². The largest absolute Gasteiger partial charge is 0.309 e. The van der Waals surface area contributed by atoms with Gasteiger partial charge in [0, 0.05) is 10.6 Å². The van der Waals surface area contributed by atoms with Crippen LogP contribution in [-0.4, -0.2) is 9.97 Å². The zero-order valence-electron chi connectivity index (χ0n) is 13.4. The summed E-state index contributed by atoms with van der Waals surface area (Å²) in [5.74, 6) is 2.33. The molecule has 0 unspecified atom stereocenters. The highest BCUT2D eigenvalue weighted by atomic mass is 32.2. The van der Waals surface area contributed by atoms with Crippen molar-refractivity contribution >= 4 is 33.3 Å². The van der Waals surface area contributed by atoms with Gasteiger partial charge < -0.3 is 4.98 Å². The summed E-state index contributed by atoms with van der Waals surface area (Å²) in [4.78, 5) is 21.8. The van der Waals surface area contributed by atoms with Crippen molar-refractivity contribution in [2.45, 2.75) is 11.5 Å². The smallest absolute Gasteiger partial charge is 0.259 e. The fourth-order valence-corrected chi connectivity index (χ4v) is 4.55. The van der Waals surface area contributed by atoms with Crippen LogP contribution in [0.4, 0.5) is 0 Å². The first kappa shape index (κ1) is 16.1. The van der Waals surface area contributed by atoms with Gasteiger partial charge in [-0.15, -0.1) is 23.1 Å². The highest BCUT2D eigenvalue weighted by Crippen LogP contribution is 2.31. The number of aromatic nitrogens is 2. The average molecular weight is 364 g/mol. The van der Waals surface area contributed by atoms with E-state index in [2.05, 4.69) is 34.2 Å². The monoisotopic (exact) mass is 364 g/mol. The lowest BCUT2D eigenvalue weighted by atomic mass is 10.2. The minimum atomic E-state index is -0.0567. The summed E-state index contributed by atoms with van der Waals surface area (Å²) in [6.07, 6.45) is 0. The second kappa shape index (κ2) is 7.25. The third-order valence-electron chi connectivity index (χ3n) is 3.86. The molecule has 2 heterocycles. The Morgan fingerprint density at radius 3 is 2.44 bits per heavy atom. The van der Waals surface area contributed by atoms with Crippen molar-refractivity contribution in [2.75, 3.05) is 0 Å². The molecule has 0 bridgehead atoms.